The van der Waals surface area contributed by atoms with Crippen molar-refractivity contribution in [3.05, 3.63) is 75.8 Å². The van der Waals surface area contributed by atoms with Crippen LogP contribution >= 0.6 is 23.5 Å². The van der Waals surface area contributed by atoms with E-state index in [1.165, 1.54) is 18.2 Å². The van der Waals surface area contributed by atoms with Crippen molar-refractivity contribution in [1.82, 2.24) is 4.72 Å². The summed E-state index contributed by atoms with van der Waals surface area (Å²) in [5, 5.41) is -1.99. The predicted octanol–water partition coefficient (Wildman–Crippen LogP) is 5.64. The van der Waals surface area contributed by atoms with Crippen LogP contribution in [0.2, 0.25) is 0 Å². The van der Waals surface area contributed by atoms with E-state index in [2.05, 4.69) is 20.7 Å². The number of ketones is 1. The first-order valence-electron chi connectivity index (χ1n) is 10.4. The Kier molecular flexibility index (Phi) is 7.54. The van der Waals surface area contributed by atoms with E-state index in [1.54, 1.807) is 64.1 Å². The van der Waals surface area contributed by atoms with Crippen LogP contribution in [0.3, 0.4) is 0 Å². The minimum absolute atomic E-state index is 0.0213. The highest BCUT2D eigenvalue weighted by Crippen LogP contribution is 2.67. The number of carbonyl (C=O) groups is 1. The first-order chi connectivity index (χ1) is 15.3. The number of hydrogen-bond acceptors (Lipinski definition) is 6. The SMILES string of the molecule is Cc1ccc(S(=O)(=O)NC2(P(=O)(OC(C)C)OC(C)C)C=C(Br)C(=O)c3ccccc32)cc1. The molecule has 0 aliphatic heterocycles. The standard InChI is InChI=1S/C23H27BrNO6PS/c1-15(2)30-32(27,31-16(3)4)23(25-33(28,29)18-12-10-17(5)11-13-18)14-21(24)22(26)19-8-6-7-9-20(19)23/h6-16,25H,1-5H3. The van der Waals surface area contributed by atoms with Gasteiger partial charge in [-0.3, -0.25) is 9.36 Å². The molecule has 0 bridgehead atoms. The Morgan fingerprint density at radius 3 is 2.06 bits per heavy atom. The van der Waals surface area contributed by atoms with Crippen LogP contribution in [0, 0.1) is 6.92 Å². The van der Waals surface area contributed by atoms with E-state index in [0.717, 1.165) is 5.56 Å². The molecule has 1 aliphatic carbocycles. The molecule has 2 aromatic carbocycles. The highest BCUT2D eigenvalue weighted by molar-refractivity contribution is 9.12. The van der Waals surface area contributed by atoms with Gasteiger partial charge in [0, 0.05) is 11.1 Å². The molecule has 0 heterocycles. The van der Waals surface area contributed by atoms with Crippen molar-refractivity contribution >= 4 is 39.3 Å². The Balaban J connectivity index is 2.35. The maximum absolute atomic E-state index is 14.5. The molecule has 3 rings (SSSR count). The third-order valence-electron chi connectivity index (χ3n) is 4.89. The minimum Gasteiger partial charge on any atom is -0.304 e. The summed E-state index contributed by atoms with van der Waals surface area (Å²) in [7, 11) is -8.54. The summed E-state index contributed by atoms with van der Waals surface area (Å²) < 4.78 is 56.0. The smallest absolute Gasteiger partial charge is 0.304 e. The molecule has 0 amide bonds. The van der Waals surface area contributed by atoms with Crippen molar-refractivity contribution < 1.29 is 26.8 Å². The van der Waals surface area contributed by atoms with Crippen LogP contribution < -0.4 is 4.72 Å². The van der Waals surface area contributed by atoms with Crippen LogP contribution in [-0.2, 0) is 28.9 Å². The van der Waals surface area contributed by atoms with Gasteiger partial charge in [0.1, 0.15) is 0 Å². The maximum atomic E-state index is 14.5. The van der Waals surface area contributed by atoms with Gasteiger partial charge in [-0.15, -0.1) is 0 Å². The molecule has 1 unspecified atom stereocenters. The third-order valence-corrected chi connectivity index (χ3v) is 9.86. The fourth-order valence-corrected chi connectivity index (χ4v) is 8.57. The van der Waals surface area contributed by atoms with Gasteiger partial charge in [0.05, 0.1) is 21.6 Å². The van der Waals surface area contributed by atoms with E-state index in [9.17, 15) is 17.8 Å². The molecule has 0 fully saturated rings. The number of hydrogen-bond donors (Lipinski definition) is 1. The summed E-state index contributed by atoms with van der Waals surface area (Å²) in [5.41, 5.74) is 1.27. The first kappa shape index (κ1) is 26.0. The lowest BCUT2D eigenvalue weighted by atomic mass is 9.92. The van der Waals surface area contributed by atoms with E-state index in [1.807, 2.05) is 6.92 Å². The molecule has 2 aromatic rings. The van der Waals surface area contributed by atoms with E-state index >= 15 is 0 Å². The van der Waals surface area contributed by atoms with Gasteiger partial charge in [0.2, 0.25) is 10.0 Å². The van der Waals surface area contributed by atoms with Crippen LogP contribution in [0.25, 0.3) is 0 Å². The minimum atomic E-state index is -4.31. The molecular formula is C23H27BrNO6PS. The van der Waals surface area contributed by atoms with Crippen LogP contribution in [0.15, 0.2) is 64.0 Å². The number of fused-ring (bicyclic) bond motifs is 1. The molecule has 0 saturated carbocycles. The molecule has 178 valence electrons. The van der Waals surface area contributed by atoms with Crippen molar-refractivity contribution in [3.63, 3.8) is 0 Å². The largest absolute Gasteiger partial charge is 0.360 e. The van der Waals surface area contributed by atoms with E-state index < -0.39 is 35.1 Å². The molecule has 7 nitrogen and oxygen atoms in total. The van der Waals surface area contributed by atoms with Crippen LogP contribution in [0.1, 0.15) is 49.2 Å². The van der Waals surface area contributed by atoms with Gasteiger partial charge >= 0.3 is 7.60 Å². The average Bonchev–Trinajstić information content (AvgIpc) is 2.70. The summed E-state index contributed by atoms with van der Waals surface area (Å²) >= 11 is 3.24. The lowest BCUT2D eigenvalue weighted by Gasteiger charge is -2.41. The van der Waals surface area contributed by atoms with Gasteiger partial charge in [-0.05, 0) is 68.8 Å². The number of allylic oxidation sites excluding steroid dienone is 1. The molecule has 0 spiro atoms. The van der Waals surface area contributed by atoms with Gasteiger partial charge in [-0.25, -0.2) is 8.42 Å². The van der Waals surface area contributed by atoms with Crippen molar-refractivity contribution in [2.75, 3.05) is 0 Å². The van der Waals surface area contributed by atoms with Crippen LogP contribution in [0.4, 0.5) is 0 Å². The summed E-state index contributed by atoms with van der Waals surface area (Å²) in [4.78, 5) is 12.9. The Morgan fingerprint density at radius 2 is 1.52 bits per heavy atom. The number of nitrogens with one attached hydrogen (secondary N) is 1. The summed E-state index contributed by atoms with van der Waals surface area (Å²) in [5.74, 6) is -0.364. The molecule has 1 N–H and O–H groups in total. The summed E-state index contributed by atoms with van der Waals surface area (Å²) in [6.07, 6.45) is 0.161. The monoisotopic (exact) mass is 555 g/mol. The number of halogens is 1. The second-order valence-corrected chi connectivity index (χ2v) is 13.0. The lowest BCUT2D eigenvalue weighted by Crippen LogP contribution is -2.48. The van der Waals surface area contributed by atoms with Crippen molar-refractivity contribution in [1.29, 1.82) is 0 Å². The molecule has 0 aromatic heterocycles. The Labute approximate surface area is 203 Å². The highest BCUT2D eigenvalue weighted by Gasteiger charge is 2.58. The second kappa shape index (κ2) is 9.56. The van der Waals surface area contributed by atoms with Gasteiger partial charge in [0.25, 0.3) is 0 Å². The zero-order valence-corrected chi connectivity index (χ0v) is 22.3. The van der Waals surface area contributed by atoms with E-state index in [-0.39, 0.29) is 26.3 Å². The zero-order chi connectivity index (χ0) is 24.6. The Morgan fingerprint density at radius 1 is 0.970 bits per heavy atom. The van der Waals surface area contributed by atoms with E-state index in [4.69, 9.17) is 9.05 Å². The molecule has 0 saturated heterocycles. The number of carbonyl (C=O) groups excluding carboxylic acids is 1. The van der Waals surface area contributed by atoms with Gasteiger partial charge in [0.15, 0.2) is 11.1 Å². The van der Waals surface area contributed by atoms with Gasteiger partial charge in [-0.2, -0.15) is 4.72 Å². The Bertz CT molecular complexity index is 1230. The van der Waals surface area contributed by atoms with Gasteiger partial charge in [-0.1, -0.05) is 42.0 Å². The number of rotatable bonds is 8. The maximum Gasteiger partial charge on any atom is 0.360 e. The van der Waals surface area contributed by atoms with Crippen molar-refractivity contribution in [2.24, 2.45) is 0 Å². The molecular weight excluding hydrogens is 529 g/mol. The number of sulfonamides is 1. The third kappa shape index (κ3) is 5.09. The number of benzene rings is 2. The summed E-state index contributed by atoms with van der Waals surface area (Å²) in [6, 6.07) is 12.7. The zero-order valence-electron chi connectivity index (χ0n) is 19.0. The topological polar surface area (TPSA) is 98.8 Å². The molecule has 33 heavy (non-hydrogen) atoms. The highest BCUT2D eigenvalue weighted by atomic mass is 79.9. The first-order valence-corrected chi connectivity index (χ1v) is 14.2. The molecule has 1 atom stereocenters. The number of aryl methyl sites for hydroxylation is 1. The van der Waals surface area contributed by atoms with Crippen molar-refractivity contribution in [2.45, 2.75) is 57.0 Å². The van der Waals surface area contributed by atoms with Crippen molar-refractivity contribution in [3.8, 4) is 0 Å². The second-order valence-electron chi connectivity index (χ2n) is 8.36. The molecule has 0 radical (unpaired) electrons. The molecule has 10 heteroatoms. The quantitative estimate of drug-likeness (QED) is 0.423. The Hall–Kier alpha value is -1.61. The lowest BCUT2D eigenvalue weighted by molar-refractivity contribution is 0.103. The van der Waals surface area contributed by atoms with Crippen LogP contribution in [0.5, 0.6) is 0 Å². The normalized spacial score (nSPS) is 19.0. The predicted molar refractivity (Wildman–Crippen MR) is 131 cm³/mol. The average molecular weight is 556 g/mol. The molecule has 1 aliphatic rings. The fourth-order valence-electron chi connectivity index (χ4n) is 3.56. The fraction of sp³-hybridized carbons (Fsp3) is 0.348. The van der Waals surface area contributed by atoms with E-state index in [0.29, 0.717) is 0 Å². The van der Waals surface area contributed by atoms with Crippen LogP contribution in [-0.4, -0.2) is 26.4 Å². The summed E-state index contributed by atoms with van der Waals surface area (Å²) in [6.45, 7) is 8.55. The van der Waals surface area contributed by atoms with Gasteiger partial charge < -0.3 is 9.05 Å². The number of Topliss-reactive ketones (excluding diaryl/α,β-unsaturated/α-hetero) is 1.